The van der Waals surface area contributed by atoms with Gasteiger partial charge in [0.25, 0.3) is 0 Å². The number of aliphatic hydroxyl groups excluding tert-OH is 1. The van der Waals surface area contributed by atoms with Crippen molar-refractivity contribution in [2.24, 2.45) is 0 Å². The molecule has 0 aromatic heterocycles. The van der Waals surface area contributed by atoms with Gasteiger partial charge in [-0.2, -0.15) is 0 Å². The van der Waals surface area contributed by atoms with Crippen LogP contribution in [0, 0.1) is 0 Å². The van der Waals surface area contributed by atoms with E-state index in [9.17, 15) is 0 Å². The van der Waals surface area contributed by atoms with Crippen molar-refractivity contribution in [3.05, 3.63) is 12.3 Å². The van der Waals surface area contributed by atoms with Crippen molar-refractivity contribution in [1.82, 2.24) is 0 Å². The lowest BCUT2D eigenvalue weighted by atomic mass is 10.4. The van der Waals surface area contributed by atoms with Gasteiger partial charge in [0.05, 0.1) is 11.6 Å². The minimum atomic E-state index is -0.580. The number of halogens is 1. The summed E-state index contributed by atoms with van der Waals surface area (Å²) in [6, 6.07) is 0. The van der Waals surface area contributed by atoms with Crippen LogP contribution in [0.1, 0.15) is 6.92 Å². The SMILES string of the molecule is C=C(C)OC[C@H](O)CCl. The molecule has 0 saturated heterocycles. The normalized spacial score (nSPS) is 12.8. The Morgan fingerprint density at radius 2 is 2.44 bits per heavy atom. The van der Waals surface area contributed by atoms with E-state index in [0.717, 1.165) is 0 Å². The van der Waals surface area contributed by atoms with Gasteiger partial charge in [0.2, 0.25) is 0 Å². The molecule has 54 valence electrons. The van der Waals surface area contributed by atoms with Crippen LogP contribution in [0.5, 0.6) is 0 Å². The summed E-state index contributed by atoms with van der Waals surface area (Å²) < 4.78 is 4.87. The first-order valence-electron chi connectivity index (χ1n) is 2.69. The van der Waals surface area contributed by atoms with Crippen molar-refractivity contribution in [3.63, 3.8) is 0 Å². The summed E-state index contributed by atoms with van der Waals surface area (Å²) >= 11 is 5.28. The third-order valence-corrected chi connectivity index (χ3v) is 1.06. The first-order chi connectivity index (χ1) is 4.16. The van der Waals surface area contributed by atoms with Crippen LogP contribution < -0.4 is 0 Å². The average Bonchev–Trinajstić information content (AvgIpc) is 1.83. The second-order valence-electron chi connectivity index (χ2n) is 1.82. The largest absolute Gasteiger partial charge is 0.496 e. The van der Waals surface area contributed by atoms with Crippen LogP contribution in [0.25, 0.3) is 0 Å². The van der Waals surface area contributed by atoms with Gasteiger partial charge in [-0.05, 0) is 6.92 Å². The quantitative estimate of drug-likeness (QED) is 0.481. The Labute approximate surface area is 60.1 Å². The van der Waals surface area contributed by atoms with Crippen molar-refractivity contribution in [2.45, 2.75) is 13.0 Å². The topological polar surface area (TPSA) is 29.5 Å². The van der Waals surface area contributed by atoms with Gasteiger partial charge >= 0.3 is 0 Å². The zero-order valence-electron chi connectivity index (χ0n) is 5.43. The van der Waals surface area contributed by atoms with Crippen molar-refractivity contribution >= 4 is 11.6 Å². The molecule has 0 radical (unpaired) electrons. The summed E-state index contributed by atoms with van der Waals surface area (Å²) in [5, 5.41) is 8.81. The molecule has 0 saturated carbocycles. The second kappa shape index (κ2) is 4.65. The standard InChI is InChI=1S/C6H11ClO2/c1-5(2)9-4-6(8)3-7/h6,8H,1,3-4H2,2H3/t6-/m1/s1. The summed E-state index contributed by atoms with van der Waals surface area (Å²) in [4.78, 5) is 0. The van der Waals surface area contributed by atoms with E-state index in [-0.39, 0.29) is 12.5 Å². The lowest BCUT2D eigenvalue weighted by Gasteiger charge is -2.07. The lowest BCUT2D eigenvalue weighted by molar-refractivity contribution is 0.0871. The van der Waals surface area contributed by atoms with Gasteiger partial charge in [-0.25, -0.2) is 0 Å². The summed E-state index contributed by atoms with van der Waals surface area (Å²) in [5.41, 5.74) is 0. The highest BCUT2D eigenvalue weighted by Crippen LogP contribution is 1.94. The molecule has 0 heterocycles. The van der Waals surface area contributed by atoms with Crippen LogP contribution in [0.4, 0.5) is 0 Å². The molecule has 0 bridgehead atoms. The summed E-state index contributed by atoms with van der Waals surface area (Å²) in [7, 11) is 0. The third kappa shape index (κ3) is 5.66. The highest BCUT2D eigenvalue weighted by Gasteiger charge is 2.00. The zero-order chi connectivity index (χ0) is 7.28. The Morgan fingerprint density at radius 1 is 1.89 bits per heavy atom. The Morgan fingerprint density at radius 3 is 2.78 bits per heavy atom. The number of ether oxygens (including phenoxy) is 1. The molecular weight excluding hydrogens is 140 g/mol. The fourth-order valence-electron chi connectivity index (χ4n) is 0.283. The molecule has 0 rings (SSSR count). The second-order valence-corrected chi connectivity index (χ2v) is 2.13. The van der Waals surface area contributed by atoms with E-state index < -0.39 is 6.10 Å². The number of aliphatic hydroxyl groups is 1. The van der Waals surface area contributed by atoms with Gasteiger partial charge in [-0.1, -0.05) is 6.58 Å². The summed E-state index contributed by atoms with van der Waals surface area (Å²) in [5.74, 6) is 0.798. The van der Waals surface area contributed by atoms with Crippen molar-refractivity contribution in [2.75, 3.05) is 12.5 Å². The first kappa shape index (κ1) is 8.79. The molecule has 0 spiro atoms. The monoisotopic (exact) mass is 150 g/mol. The highest BCUT2D eigenvalue weighted by atomic mass is 35.5. The van der Waals surface area contributed by atoms with Crippen LogP contribution in [-0.4, -0.2) is 23.7 Å². The van der Waals surface area contributed by atoms with Gasteiger partial charge < -0.3 is 9.84 Å². The molecular formula is C6H11ClO2. The Bertz CT molecular complexity index is 93.1. The predicted molar refractivity (Wildman–Crippen MR) is 37.5 cm³/mol. The number of alkyl halides is 1. The van der Waals surface area contributed by atoms with Crippen LogP contribution in [0.2, 0.25) is 0 Å². The fraction of sp³-hybridized carbons (Fsp3) is 0.667. The van der Waals surface area contributed by atoms with Gasteiger partial charge in [0.15, 0.2) is 0 Å². The van der Waals surface area contributed by atoms with Crippen LogP contribution in [0.15, 0.2) is 12.3 Å². The number of hydrogen-bond donors (Lipinski definition) is 1. The van der Waals surface area contributed by atoms with E-state index in [2.05, 4.69) is 6.58 Å². The van der Waals surface area contributed by atoms with E-state index >= 15 is 0 Å². The molecule has 0 aliphatic heterocycles. The van der Waals surface area contributed by atoms with E-state index in [1.165, 1.54) is 0 Å². The van der Waals surface area contributed by atoms with Crippen molar-refractivity contribution in [1.29, 1.82) is 0 Å². The first-order valence-corrected chi connectivity index (χ1v) is 3.22. The maximum Gasteiger partial charge on any atom is 0.115 e. The van der Waals surface area contributed by atoms with Crippen molar-refractivity contribution in [3.8, 4) is 0 Å². The van der Waals surface area contributed by atoms with Crippen LogP contribution >= 0.6 is 11.6 Å². The highest BCUT2D eigenvalue weighted by molar-refractivity contribution is 6.18. The lowest BCUT2D eigenvalue weighted by Crippen LogP contribution is -2.15. The predicted octanol–water partition coefficient (Wildman–Crippen LogP) is 1.14. The maximum atomic E-state index is 8.81. The van der Waals surface area contributed by atoms with Crippen LogP contribution in [0.3, 0.4) is 0 Å². The van der Waals surface area contributed by atoms with Gasteiger partial charge in [0, 0.05) is 0 Å². The van der Waals surface area contributed by atoms with E-state index in [0.29, 0.717) is 5.76 Å². The molecule has 9 heavy (non-hydrogen) atoms. The van der Waals surface area contributed by atoms with E-state index in [1.54, 1.807) is 6.92 Å². The maximum absolute atomic E-state index is 8.81. The van der Waals surface area contributed by atoms with Crippen molar-refractivity contribution < 1.29 is 9.84 Å². The van der Waals surface area contributed by atoms with Crippen LogP contribution in [-0.2, 0) is 4.74 Å². The molecule has 0 unspecified atom stereocenters. The summed E-state index contributed by atoms with van der Waals surface area (Å²) in [6.07, 6.45) is -0.580. The third-order valence-electron chi connectivity index (χ3n) is 0.700. The molecule has 0 fully saturated rings. The molecule has 1 atom stereocenters. The molecule has 0 aliphatic rings. The van der Waals surface area contributed by atoms with Gasteiger partial charge in [0.1, 0.15) is 12.7 Å². The Balaban J connectivity index is 3.16. The zero-order valence-corrected chi connectivity index (χ0v) is 6.19. The number of hydrogen-bond acceptors (Lipinski definition) is 2. The van der Waals surface area contributed by atoms with Gasteiger partial charge in [-0.3, -0.25) is 0 Å². The molecule has 0 aromatic carbocycles. The fourth-order valence-corrected chi connectivity index (χ4v) is 0.372. The Kier molecular flexibility index (Phi) is 4.54. The molecule has 2 nitrogen and oxygen atoms in total. The minimum absolute atomic E-state index is 0.202. The smallest absolute Gasteiger partial charge is 0.115 e. The molecule has 0 aliphatic carbocycles. The van der Waals surface area contributed by atoms with E-state index in [1.807, 2.05) is 0 Å². The minimum Gasteiger partial charge on any atom is -0.496 e. The molecule has 0 amide bonds. The Hall–Kier alpha value is -0.210. The molecule has 0 aromatic rings. The molecule has 3 heteroatoms. The summed E-state index contributed by atoms with van der Waals surface area (Å²) in [6.45, 7) is 5.44. The average molecular weight is 151 g/mol. The van der Waals surface area contributed by atoms with E-state index in [4.69, 9.17) is 21.4 Å². The number of rotatable bonds is 4. The molecule has 1 N–H and O–H groups in total. The number of allylic oxidation sites excluding steroid dienone is 1. The van der Waals surface area contributed by atoms with Gasteiger partial charge in [-0.15, -0.1) is 11.6 Å².